The number of benzene rings is 1. The molecule has 13 heteroatoms. The zero-order valence-corrected chi connectivity index (χ0v) is 17.0. The lowest BCUT2D eigenvalue weighted by molar-refractivity contribution is -0.137. The van der Waals surface area contributed by atoms with Crippen LogP contribution >= 0.6 is 11.6 Å². The van der Waals surface area contributed by atoms with Gasteiger partial charge in [0.25, 0.3) is 10.0 Å². The van der Waals surface area contributed by atoms with Crippen LogP contribution in [0.4, 0.5) is 18.9 Å². The van der Waals surface area contributed by atoms with Crippen molar-refractivity contribution in [3.63, 3.8) is 0 Å². The van der Waals surface area contributed by atoms with Gasteiger partial charge in [0.1, 0.15) is 17.8 Å². The van der Waals surface area contributed by atoms with Gasteiger partial charge in [-0.1, -0.05) is 11.6 Å². The molecule has 3 rings (SSSR count). The molecule has 0 fully saturated rings. The van der Waals surface area contributed by atoms with Gasteiger partial charge in [-0.05, 0) is 6.07 Å². The van der Waals surface area contributed by atoms with Crippen LogP contribution < -0.4 is 14.2 Å². The van der Waals surface area contributed by atoms with E-state index >= 15 is 0 Å². The van der Waals surface area contributed by atoms with Gasteiger partial charge >= 0.3 is 6.18 Å². The van der Waals surface area contributed by atoms with Crippen molar-refractivity contribution >= 4 is 27.3 Å². The molecule has 1 N–H and O–H groups in total. The standard InChI is InChI=1S/C17H14ClF3N4O4S/c1-28-12-4-11(5-13(6-12)29-2)24-30(26,27)15-8-22-9-25(15)16-14(18)3-10(7-23-16)17(19,20)21/h3-9,24H,1-2H3. The Kier molecular flexibility index (Phi) is 5.81. The Balaban J connectivity index is 2.00. The van der Waals surface area contributed by atoms with Gasteiger partial charge in [-0.2, -0.15) is 21.6 Å². The molecule has 0 unspecified atom stereocenters. The predicted molar refractivity (Wildman–Crippen MR) is 102 cm³/mol. The SMILES string of the molecule is COc1cc(NS(=O)(=O)c2cncn2-c2ncc(C(F)(F)F)cc2Cl)cc(OC)c1. The molecule has 0 aliphatic heterocycles. The number of hydrogen-bond donors (Lipinski definition) is 1. The Morgan fingerprint density at radius 3 is 2.23 bits per heavy atom. The second-order valence-corrected chi connectivity index (χ2v) is 7.87. The summed E-state index contributed by atoms with van der Waals surface area (Å²) in [5.74, 6) is 0.451. The maximum absolute atomic E-state index is 12.9. The second kappa shape index (κ2) is 8.03. The Morgan fingerprint density at radius 2 is 1.70 bits per heavy atom. The number of nitrogens with zero attached hydrogens (tertiary/aromatic N) is 3. The number of imidazole rings is 1. The second-order valence-electron chi connectivity index (χ2n) is 5.84. The number of aromatic nitrogens is 3. The fourth-order valence-electron chi connectivity index (χ4n) is 2.48. The Labute approximate surface area is 174 Å². The van der Waals surface area contributed by atoms with E-state index in [1.165, 1.54) is 26.4 Å². The highest BCUT2D eigenvalue weighted by Crippen LogP contribution is 2.33. The minimum Gasteiger partial charge on any atom is -0.497 e. The first-order valence-corrected chi connectivity index (χ1v) is 9.92. The summed E-state index contributed by atoms with van der Waals surface area (Å²) in [4.78, 5) is 7.42. The highest BCUT2D eigenvalue weighted by atomic mass is 35.5. The molecule has 8 nitrogen and oxygen atoms in total. The van der Waals surface area contributed by atoms with Gasteiger partial charge in [-0.25, -0.2) is 9.97 Å². The molecule has 0 saturated heterocycles. The molecule has 30 heavy (non-hydrogen) atoms. The summed E-state index contributed by atoms with van der Waals surface area (Å²) in [6, 6.07) is 5.04. The van der Waals surface area contributed by atoms with Crippen LogP contribution in [0.1, 0.15) is 5.56 Å². The first-order valence-electron chi connectivity index (χ1n) is 8.06. The molecule has 1 aromatic carbocycles. The van der Waals surface area contributed by atoms with E-state index in [4.69, 9.17) is 21.1 Å². The molecule has 0 radical (unpaired) electrons. The van der Waals surface area contributed by atoms with Gasteiger partial charge in [0.05, 0.1) is 36.7 Å². The minimum absolute atomic E-state index is 0.130. The largest absolute Gasteiger partial charge is 0.497 e. The normalized spacial score (nSPS) is 11.9. The molecule has 0 spiro atoms. The summed E-state index contributed by atoms with van der Waals surface area (Å²) in [6.07, 6.45) is -2.01. The molecule has 0 saturated carbocycles. The van der Waals surface area contributed by atoms with Crippen molar-refractivity contribution in [2.24, 2.45) is 0 Å². The average molecular weight is 463 g/mol. The molecular formula is C17H14ClF3N4O4S. The molecule has 160 valence electrons. The van der Waals surface area contributed by atoms with Crippen LogP contribution in [-0.4, -0.2) is 37.2 Å². The third-order valence-electron chi connectivity index (χ3n) is 3.86. The predicted octanol–water partition coefficient (Wildman–Crippen LogP) is 3.76. The van der Waals surface area contributed by atoms with Crippen molar-refractivity contribution in [1.29, 1.82) is 0 Å². The Morgan fingerprint density at radius 1 is 1.07 bits per heavy atom. The van der Waals surface area contributed by atoms with Crippen LogP contribution in [0.15, 0.2) is 48.0 Å². The molecule has 0 aliphatic rings. The molecule has 2 aromatic heterocycles. The summed E-state index contributed by atoms with van der Waals surface area (Å²) in [6.45, 7) is 0. The molecule has 0 bridgehead atoms. The summed E-state index contributed by atoms with van der Waals surface area (Å²) in [5.41, 5.74) is -0.937. The van der Waals surface area contributed by atoms with Crippen LogP contribution in [0.2, 0.25) is 5.02 Å². The fraction of sp³-hybridized carbons (Fsp3) is 0.176. The number of pyridine rings is 1. The van der Waals surface area contributed by atoms with Gasteiger partial charge in [-0.3, -0.25) is 9.29 Å². The number of ether oxygens (including phenoxy) is 2. The van der Waals surface area contributed by atoms with E-state index in [9.17, 15) is 21.6 Å². The van der Waals surface area contributed by atoms with E-state index in [1.54, 1.807) is 6.07 Å². The zero-order chi connectivity index (χ0) is 22.1. The zero-order valence-electron chi connectivity index (χ0n) is 15.4. The topological polar surface area (TPSA) is 95.3 Å². The highest BCUT2D eigenvalue weighted by Gasteiger charge is 2.32. The molecule has 0 atom stereocenters. The molecule has 3 aromatic rings. The lowest BCUT2D eigenvalue weighted by atomic mass is 10.3. The van der Waals surface area contributed by atoms with Gasteiger partial charge in [-0.15, -0.1) is 0 Å². The lowest BCUT2D eigenvalue weighted by Gasteiger charge is -2.14. The number of alkyl halides is 3. The van der Waals surface area contributed by atoms with E-state index in [2.05, 4.69) is 14.7 Å². The Hall–Kier alpha value is -2.99. The van der Waals surface area contributed by atoms with Gasteiger partial charge in [0.15, 0.2) is 10.8 Å². The summed E-state index contributed by atoms with van der Waals surface area (Å²) in [5, 5.41) is -0.791. The number of rotatable bonds is 6. The number of nitrogens with one attached hydrogen (secondary N) is 1. The summed E-state index contributed by atoms with van der Waals surface area (Å²) >= 11 is 5.93. The summed E-state index contributed by atoms with van der Waals surface area (Å²) < 4.78 is 77.8. The molecular weight excluding hydrogens is 449 g/mol. The third kappa shape index (κ3) is 4.44. The van der Waals surface area contributed by atoms with Crippen molar-refractivity contribution in [2.75, 3.05) is 18.9 Å². The lowest BCUT2D eigenvalue weighted by Crippen LogP contribution is -2.17. The maximum Gasteiger partial charge on any atom is 0.417 e. The van der Waals surface area contributed by atoms with E-state index in [-0.39, 0.29) is 11.5 Å². The van der Waals surface area contributed by atoms with Crippen LogP contribution in [0, 0.1) is 0 Å². The molecule has 0 aliphatic carbocycles. The number of methoxy groups -OCH3 is 2. The van der Waals surface area contributed by atoms with Crippen LogP contribution in [0.3, 0.4) is 0 Å². The minimum atomic E-state index is -4.65. The number of hydrogen-bond acceptors (Lipinski definition) is 6. The summed E-state index contributed by atoms with van der Waals surface area (Å²) in [7, 11) is -1.43. The number of anilines is 1. The van der Waals surface area contributed by atoms with E-state index in [0.29, 0.717) is 23.8 Å². The smallest absolute Gasteiger partial charge is 0.417 e. The van der Waals surface area contributed by atoms with Crippen LogP contribution in [-0.2, 0) is 16.2 Å². The number of sulfonamides is 1. The van der Waals surface area contributed by atoms with Crippen molar-refractivity contribution in [3.8, 4) is 17.3 Å². The fourth-order valence-corrected chi connectivity index (χ4v) is 3.86. The molecule has 0 amide bonds. The van der Waals surface area contributed by atoms with Gasteiger partial charge in [0, 0.05) is 24.4 Å². The number of halogens is 4. The molecule has 2 heterocycles. The maximum atomic E-state index is 12.9. The first kappa shape index (κ1) is 21.7. The van der Waals surface area contributed by atoms with Crippen molar-refractivity contribution in [1.82, 2.24) is 14.5 Å². The van der Waals surface area contributed by atoms with Gasteiger partial charge < -0.3 is 9.47 Å². The van der Waals surface area contributed by atoms with E-state index in [1.807, 2.05) is 0 Å². The van der Waals surface area contributed by atoms with Crippen LogP contribution in [0.5, 0.6) is 11.5 Å². The quantitative estimate of drug-likeness (QED) is 0.599. The van der Waals surface area contributed by atoms with E-state index in [0.717, 1.165) is 17.1 Å². The monoisotopic (exact) mass is 462 g/mol. The van der Waals surface area contributed by atoms with Crippen molar-refractivity contribution in [2.45, 2.75) is 11.2 Å². The first-order chi connectivity index (χ1) is 14.0. The Bertz CT molecular complexity index is 1160. The van der Waals surface area contributed by atoms with Crippen LogP contribution in [0.25, 0.3) is 5.82 Å². The van der Waals surface area contributed by atoms with Gasteiger partial charge in [0.2, 0.25) is 0 Å². The highest BCUT2D eigenvalue weighted by molar-refractivity contribution is 7.92. The average Bonchev–Trinajstić information content (AvgIpc) is 3.17. The van der Waals surface area contributed by atoms with E-state index < -0.39 is 31.8 Å². The van der Waals surface area contributed by atoms with Crippen molar-refractivity contribution < 1.29 is 31.1 Å². The third-order valence-corrected chi connectivity index (χ3v) is 5.50. The van der Waals surface area contributed by atoms with Crippen molar-refractivity contribution in [3.05, 3.63) is 53.6 Å².